The van der Waals surface area contributed by atoms with Gasteiger partial charge >= 0.3 is 0 Å². The maximum atomic E-state index is 12.7. The second-order valence-electron chi connectivity index (χ2n) is 7.79. The van der Waals surface area contributed by atoms with Gasteiger partial charge in [-0.2, -0.15) is 5.26 Å². The summed E-state index contributed by atoms with van der Waals surface area (Å²) < 4.78 is 10.6. The van der Waals surface area contributed by atoms with Gasteiger partial charge in [0.1, 0.15) is 11.6 Å². The molecule has 0 atom stereocenters. The zero-order valence-electron chi connectivity index (χ0n) is 18.6. The monoisotopic (exact) mass is 415 g/mol. The molecular formula is C23H33N3O4. The highest BCUT2D eigenvalue weighted by atomic mass is 16.5. The molecular weight excluding hydrogens is 382 g/mol. The van der Waals surface area contributed by atoms with E-state index in [1.807, 2.05) is 6.07 Å². The van der Waals surface area contributed by atoms with Crippen LogP contribution in [0.2, 0.25) is 0 Å². The molecule has 0 aliphatic rings. The molecule has 0 fully saturated rings. The fraction of sp³-hybridized carbons (Fsp3) is 0.522. The van der Waals surface area contributed by atoms with Crippen LogP contribution in [0.15, 0.2) is 23.8 Å². The Labute approximate surface area is 179 Å². The topological polar surface area (TPSA) is 100 Å². The second kappa shape index (κ2) is 13.3. The third-order valence-corrected chi connectivity index (χ3v) is 4.29. The van der Waals surface area contributed by atoms with Crippen LogP contribution in [0.25, 0.3) is 6.08 Å². The van der Waals surface area contributed by atoms with Gasteiger partial charge in [-0.1, -0.05) is 33.8 Å². The van der Waals surface area contributed by atoms with Crippen molar-refractivity contribution in [3.8, 4) is 17.6 Å². The van der Waals surface area contributed by atoms with Crippen molar-refractivity contribution in [1.82, 2.24) is 10.6 Å². The predicted octanol–water partition coefficient (Wildman–Crippen LogP) is 3.31. The van der Waals surface area contributed by atoms with Crippen molar-refractivity contribution < 1.29 is 19.1 Å². The van der Waals surface area contributed by atoms with Crippen molar-refractivity contribution in [2.24, 2.45) is 11.8 Å². The molecule has 1 aromatic carbocycles. The van der Waals surface area contributed by atoms with Crippen LogP contribution in [0.1, 0.15) is 46.1 Å². The van der Waals surface area contributed by atoms with E-state index in [2.05, 4.69) is 38.3 Å². The molecule has 0 aliphatic carbocycles. The van der Waals surface area contributed by atoms with Crippen LogP contribution in [-0.4, -0.2) is 38.6 Å². The van der Waals surface area contributed by atoms with E-state index in [1.54, 1.807) is 18.2 Å². The highest BCUT2D eigenvalue weighted by molar-refractivity contribution is 6.21. The Bertz CT molecular complexity index is 751. The normalized spacial score (nSPS) is 10.3. The van der Waals surface area contributed by atoms with Gasteiger partial charge in [0.15, 0.2) is 18.1 Å². The van der Waals surface area contributed by atoms with E-state index in [-0.39, 0.29) is 12.2 Å². The first kappa shape index (κ1) is 25.0. The molecule has 164 valence electrons. The first-order valence-electron chi connectivity index (χ1n) is 10.2. The van der Waals surface area contributed by atoms with Crippen LogP contribution in [0.4, 0.5) is 0 Å². The Morgan fingerprint density at radius 1 is 1.03 bits per heavy atom. The standard InChI is InChI=1S/C23H33N3O4/c1-16(2)8-11-25-22(27)19(23(28)26-12-9-17(3)4)14-18-6-7-20(30-13-10-24)21(15-18)29-5/h6-7,14-17H,8-9,11-13H2,1-5H3,(H,25,27)(H,26,28). The molecule has 0 heterocycles. The van der Waals surface area contributed by atoms with Gasteiger partial charge in [-0.25, -0.2) is 0 Å². The minimum absolute atomic E-state index is 0.0373. The van der Waals surface area contributed by atoms with Crippen molar-refractivity contribution in [3.05, 3.63) is 29.3 Å². The summed E-state index contributed by atoms with van der Waals surface area (Å²) in [5.74, 6) is 0.896. The molecule has 0 radical (unpaired) electrons. The molecule has 30 heavy (non-hydrogen) atoms. The summed E-state index contributed by atoms with van der Waals surface area (Å²) in [7, 11) is 1.49. The lowest BCUT2D eigenvalue weighted by molar-refractivity contribution is -0.123. The van der Waals surface area contributed by atoms with Crippen molar-refractivity contribution in [2.75, 3.05) is 26.8 Å². The maximum absolute atomic E-state index is 12.7. The first-order valence-corrected chi connectivity index (χ1v) is 10.2. The number of nitrogens with one attached hydrogen (secondary N) is 2. The molecule has 7 nitrogen and oxygen atoms in total. The number of ether oxygens (including phenoxy) is 2. The molecule has 0 spiro atoms. The minimum atomic E-state index is -0.415. The Morgan fingerprint density at radius 2 is 1.60 bits per heavy atom. The Balaban J connectivity index is 3.09. The van der Waals surface area contributed by atoms with Gasteiger partial charge in [-0.05, 0) is 48.4 Å². The number of hydrogen-bond acceptors (Lipinski definition) is 5. The number of methoxy groups -OCH3 is 1. The zero-order chi connectivity index (χ0) is 22.5. The Morgan fingerprint density at radius 3 is 2.07 bits per heavy atom. The highest BCUT2D eigenvalue weighted by Gasteiger charge is 2.18. The number of nitrogens with zero attached hydrogens (tertiary/aromatic N) is 1. The number of rotatable bonds is 12. The number of hydrogen-bond donors (Lipinski definition) is 2. The first-order chi connectivity index (χ1) is 14.3. The SMILES string of the molecule is COc1cc(C=C(C(=O)NCCC(C)C)C(=O)NCCC(C)C)ccc1OCC#N. The Hall–Kier alpha value is -3.01. The number of carbonyl (C=O) groups excluding carboxylic acids is 2. The molecule has 2 amide bonds. The smallest absolute Gasteiger partial charge is 0.256 e. The van der Waals surface area contributed by atoms with Crippen LogP contribution in [-0.2, 0) is 9.59 Å². The largest absolute Gasteiger partial charge is 0.493 e. The molecule has 0 unspecified atom stereocenters. The van der Waals surface area contributed by atoms with Crippen molar-refractivity contribution in [2.45, 2.75) is 40.5 Å². The summed E-state index contributed by atoms with van der Waals surface area (Å²) in [6, 6.07) is 6.92. The van der Waals surface area contributed by atoms with E-state index < -0.39 is 11.8 Å². The van der Waals surface area contributed by atoms with E-state index in [0.29, 0.717) is 42.0 Å². The van der Waals surface area contributed by atoms with E-state index in [9.17, 15) is 9.59 Å². The molecule has 1 rings (SSSR count). The summed E-state index contributed by atoms with van der Waals surface area (Å²) in [6.45, 7) is 9.18. The molecule has 0 saturated carbocycles. The third kappa shape index (κ3) is 8.99. The molecule has 2 N–H and O–H groups in total. The number of nitriles is 1. The predicted molar refractivity (Wildman–Crippen MR) is 117 cm³/mol. The van der Waals surface area contributed by atoms with E-state index >= 15 is 0 Å². The zero-order valence-corrected chi connectivity index (χ0v) is 18.6. The molecule has 7 heteroatoms. The molecule has 1 aromatic rings. The summed E-state index contributed by atoms with van der Waals surface area (Å²) in [4.78, 5) is 25.4. The quantitative estimate of drug-likeness (QED) is 0.310. The molecule has 0 aliphatic heterocycles. The lowest BCUT2D eigenvalue weighted by Gasteiger charge is -2.13. The van der Waals surface area contributed by atoms with Gasteiger partial charge in [0.25, 0.3) is 11.8 Å². The van der Waals surface area contributed by atoms with E-state index in [1.165, 1.54) is 13.2 Å². The summed E-state index contributed by atoms with van der Waals surface area (Å²) in [5.41, 5.74) is 0.652. The number of carbonyl (C=O) groups is 2. The van der Waals surface area contributed by atoms with Gasteiger partial charge in [0.05, 0.1) is 7.11 Å². The average Bonchev–Trinajstić information content (AvgIpc) is 2.69. The number of amides is 2. The van der Waals surface area contributed by atoms with E-state index in [4.69, 9.17) is 14.7 Å². The summed E-state index contributed by atoms with van der Waals surface area (Å²) >= 11 is 0. The Kier molecular flexibility index (Phi) is 11.1. The minimum Gasteiger partial charge on any atom is -0.493 e. The van der Waals surface area contributed by atoms with Gasteiger partial charge in [0, 0.05) is 13.1 Å². The fourth-order valence-electron chi connectivity index (χ4n) is 2.54. The van der Waals surface area contributed by atoms with Crippen LogP contribution in [0.5, 0.6) is 11.5 Å². The van der Waals surface area contributed by atoms with Crippen LogP contribution < -0.4 is 20.1 Å². The molecule has 0 aromatic heterocycles. The summed E-state index contributed by atoms with van der Waals surface area (Å²) in [5, 5.41) is 14.3. The molecule has 0 bridgehead atoms. The van der Waals surface area contributed by atoms with Gasteiger partial charge in [0.2, 0.25) is 0 Å². The summed E-state index contributed by atoms with van der Waals surface area (Å²) in [6.07, 6.45) is 3.19. The van der Waals surface area contributed by atoms with Crippen molar-refractivity contribution >= 4 is 17.9 Å². The van der Waals surface area contributed by atoms with Crippen LogP contribution >= 0.6 is 0 Å². The molecule has 0 saturated heterocycles. The van der Waals surface area contributed by atoms with Gasteiger partial charge in [-0.15, -0.1) is 0 Å². The maximum Gasteiger partial charge on any atom is 0.256 e. The fourth-order valence-corrected chi connectivity index (χ4v) is 2.54. The van der Waals surface area contributed by atoms with Crippen LogP contribution in [0, 0.1) is 23.2 Å². The lowest BCUT2D eigenvalue weighted by atomic mass is 10.1. The average molecular weight is 416 g/mol. The highest BCUT2D eigenvalue weighted by Crippen LogP contribution is 2.29. The second-order valence-corrected chi connectivity index (χ2v) is 7.79. The van der Waals surface area contributed by atoms with Gasteiger partial charge < -0.3 is 20.1 Å². The third-order valence-electron chi connectivity index (χ3n) is 4.29. The van der Waals surface area contributed by atoms with Crippen molar-refractivity contribution in [3.63, 3.8) is 0 Å². The van der Waals surface area contributed by atoms with Crippen molar-refractivity contribution in [1.29, 1.82) is 5.26 Å². The van der Waals surface area contributed by atoms with Crippen LogP contribution in [0.3, 0.4) is 0 Å². The van der Waals surface area contributed by atoms with Gasteiger partial charge in [-0.3, -0.25) is 9.59 Å². The van der Waals surface area contributed by atoms with E-state index in [0.717, 1.165) is 12.8 Å². The number of benzene rings is 1. The lowest BCUT2D eigenvalue weighted by Crippen LogP contribution is -2.36.